The van der Waals surface area contributed by atoms with Crippen molar-refractivity contribution in [2.75, 3.05) is 13.1 Å². The zero-order valence-corrected chi connectivity index (χ0v) is 11.3. The molecular formula is C10H13BrN2O2S. The molecule has 0 spiro atoms. The van der Waals surface area contributed by atoms with Gasteiger partial charge in [0.15, 0.2) is 0 Å². The first-order valence-electron chi connectivity index (χ1n) is 4.93. The molecule has 0 aromatic carbocycles. The van der Waals surface area contributed by atoms with Gasteiger partial charge in [-0.15, -0.1) is 11.3 Å². The third kappa shape index (κ3) is 4.32. The monoisotopic (exact) mass is 304 g/mol. The summed E-state index contributed by atoms with van der Waals surface area (Å²) < 4.78 is 0.896. The summed E-state index contributed by atoms with van der Waals surface area (Å²) in [5.74, 6) is -0.381. The highest BCUT2D eigenvalue weighted by atomic mass is 79.9. The highest BCUT2D eigenvalue weighted by molar-refractivity contribution is 9.11. The van der Waals surface area contributed by atoms with E-state index in [-0.39, 0.29) is 18.4 Å². The number of hydrogen-bond acceptors (Lipinski definition) is 3. The number of amides is 2. The van der Waals surface area contributed by atoms with Gasteiger partial charge in [0.2, 0.25) is 5.91 Å². The fourth-order valence-electron chi connectivity index (χ4n) is 1.01. The number of hydrogen-bond donors (Lipinski definition) is 2. The maximum absolute atomic E-state index is 11.5. The fraction of sp³-hybridized carbons (Fsp3) is 0.400. The van der Waals surface area contributed by atoms with Crippen molar-refractivity contribution >= 4 is 39.1 Å². The number of rotatable bonds is 5. The third-order valence-corrected chi connectivity index (χ3v) is 3.40. The zero-order valence-electron chi connectivity index (χ0n) is 8.88. The minimum Gasteiger partial charge on any atom is -0.355 e. The molecule has 0 unspecified atom stereocenters. The van der Waals surface area contributed by atoms with Gasteiger partial charge in [-0.05, 0) is 34.5 Å². The van der Waals surface area contributed by atoms with Crippen molar-refractivity contribution in [3.05, 3.63) is 20.8 Å². The van der Waals surface area contributed by atoms with Crippen LogP contribution >= 0.6 is 27.3 Å². The molecule has 88 valence electrons. The standard InChI is InChI=1S/C10H13BrN2O2S/c1-2-5-12-9(14)6-13-10(15)7-3-4-8(11)16-7/h3-4H,2,5-6H2,1H3,(H,12,14)(H,13,15). The zero-order chi connectivity index (χ0) is 12.0. The Labute approximate surface area is 107 Å². The molecule has 0 bridgehead atoms. The van der Waals surface area contributed by atoms with E-state index in [1.807, 2.05) is 6.92 Å². The quantitative estimate of drug-likeness (QED) is 0.871. The van der Waals surface area contributed by atoms with Gasteiger partial charge in [-0.2, -0.15) is 0 Å². The van der Waals surface area contributed by atoms with Crippen molar-refractivity contribution in [2.24, 2.45) is 0 Å². The number of carbonyl (C=O) groups excluding carboxylic acids is 2. The second-order valence-electron chi connectivity index (χ2n) is 3.14. The van der Waals surface area contributed by atoms with Crippen LogP contribution in [0.25, 0.3) is 0 Å². The molecule has 0 saturated heterocycles. The molecule has 0 aliphatic heterocycles. The first-order chi connectivity index (χ1) is 7.63. The Bertz CT molecular complexity index is 379. The predicted molar refractivity (Wildman–Crippen MR) is 67.7 cm³/mol. The molecule has 1 aromatic rings. The average molecular weight is 305 g/mol. The van der Waals surface area contributed by atoms with Crippen LogP contribution in [-0.2, 0) is 4.79 Å². The Balaban J connectivity index is 2.33. The van der Waals surface area contributed by atoms with E-state index in [9.17, 15) is 9.59 Å². The van der Waals surface area contributed by atoms with Gasteiger partial charge in [-0.3, -0.25) is 9.59 Å². The van der Waals surface area contributed by atoms with Crippen molar-refractivity contribution in [3.63, 3.8) is 0 Å². The number of carbonyl (C=O) groups is 2. The van der Waals surface area contributed by atoms with Gasteiger partial charge in [-0.25, -0.2) is 0 Å². The van der Waals surface area contributed by atoms with Gasteiger partial charge in [0.25, 0.3) is 5.91 Å². The summed E-state index contributed by atoms with van der Waals surface area (Å²) in [4.78, 5) is 23.3. The molecule has 0 aliphatic rings. The molecule has 1 aromatic heterocycles. The molecule has 2 N–H and O–H groups in total. The SMILES string of the molecule is CCCNC(=O)CNC(=O)c1ccc(Br)s1. The maximum atomic E-state index is 11.5. The third-order valence-electron chi connectivity index (χ3n) is 1.78. The molecular weight excluding hydrogens is 292 g/mol. The van der Waals surface area contributed by atoms with Crippen LogP contribution in [0.5, 0.6) is 0 Å². The molecule has 0 radical (unpaired) electrons. The molecule has 0 atom stereocenters. The van der Waals surface area contributed by atoms with E-state index in [1.165, 1.54) is 11.3 Å². The number of nitrogens with one attached hydrogen (secondary N) is 2. The molecule has 0 aliphatic carbocycles. The molecule has 6 heteroatoms. The van der Waals surface area contributed by atoms with E-state index in [0.29, 0.717) is 11.4 Å². The molecule has 1 heterocycles. The van der Waals surface area contributed by atoms with E-state index in [4.69, 9.17) is 0 Å². The smallest absolute Gasteiger partial charge is 0.261 e. The van der Waals surface area contributed by atoms with Gasteiger partial charge in [0, 0.05) is 6.54 Å². The molecule has 1 rings (SSSR count). The fourth-order valence-corrected chi connectivity index (χ4v) is 2.31. The Morgan fingerprint density at radius 2 is 2.12 bits per heavy atom. The van der Waals surface area contributed by atoms with Crippen LogP contribution in [-0.4, -0.2) is 24.9 Å². The lowest BCUT2D eigenvalue weighted by Crippen LogP contribution is -2.36. The Morgan fingerprint density at radius 3 is 2.69 bits per heavy atom. The van der Waals surface area contributed by atoms with E-state index in [2.05, 4.69) is 26.6 Å². The van der Waals surface area contributed by atoms with Crippen LogP contribution < -0.4 is 10.6 Å². The largest absolute Gasteiger partial charge is 0.355 e. The molecule has 4 nitrogen and oxygen atoms in total. The van der Waals surface area contributed by atoms with Gasteiger partial charge in [0.1, 0.15) is 0 Å². The Kier molecular flexibility index (Phi) is 5.48. The van der Waals surface area contributed by atoms with Crippen molar-refractivity contribution in [3.8, 4) is 0 Å². The van der Waals surface area contributed by atoms with E-state index >= 15 is 0 Å². The summed E-state index contributed by atoms with van der Waals surface area (Å²) in [5.41, 5.74) is 0. The topological polar surface area (TPSA) is 58.2 Å². The molecule has 0 saturated carbocycles. The van der Waals surface area contributed by atoms with E-state index < -0.39 is 0 Å². The Morgan fingerprint density at radius 1 is 1.38 bits per heavy atom. The molecule has 16 heavy (non-hydrogen) atoms. The van der Waals surface area contributed by atoms with Gasteiger partial charge >= 0.3 is 0 Å². The Hall–Kier alpha value is -0.880. The summed E-state index contributed by atoms with van der Waals surface area (Å²) >= 11 is 4.61. The van der Waals surface area contributed by atoms with Crippen molar-refractivity contribution in [2.45, 2.75) is 13.3 Å². The normalized spacial score (nSPS) is 9.88. The lowest BCUT2D eigenvalue weighted by molar-refractivity contribution is -0.120. The van der Waals surface area contributed by atoms with Crippen molar-refractivity contribution in [1.29, 1.82) is 0 Å². The summed E-state index contributed by atoms with van der Waals surface area (Å²) in [5, 5.41) is 5.24. The average Bonchev–Trinajstić information content (AvgIpc) is 2.69. The lowest BCUT2D eigenvalue weighted by Gasteiger charge is -2.04. The summed E-state index contributed by atoms with van der Waals surface area (Å²) in [6.45, 7) is 2.63. The predicted octanol–water partition coefficient (Wildman–Crippen LogP) is 1.77. The van der Waals surface area contributed by atoms with Crippen LogP contribution in [0.2, 0.25) is 0 Å². The second kappa shape index (κ2) is 6.65. The summed E-state index contributed by atoms with van der Waals surface area (Å²) in [7, 11) is 0. The van der Waals surface area contributed by atoms with Crippen molar-refractivity contribution in [1.82, 2.24) is 10.6 Å². The van der Waals surface area contributed by atoms with Crippen LogP contribution in [0.15, 0.2) is 15.9 Å². The minimum absolute atomic E-state index is 0.0222. The lowest BCUT2D eigenvalue weighted by atomic mass is 10.4. The summed E-state index contributed by atoms with van der Waals surface area (Å²) in [6.07, 6.45) is 0.886. The highest BCUT2D eigenvalue weighted by Gasteiger charge is 2.09. The van der Waals surface area contributed by atoms with E-state index in [0.717, 1.165) is 10.2 Å². The van der Waals surface area contributed by atoms with Crippen LogP contribution in [0, 0.1) is 0 Å². The maximum Gasteiger partial charge on any atom is 0.261 e. The molecule has 0 fully saturated rings. The summed E-state index contributed by atoms with van der Waals surface area (Å²) in [6, 6.07) is 3.52. The van der Waals surface area contributed by atoms with Crippen LogP contribution in [0.3, 0.4) is 0 Å². The second-order valence-corrected chi connectivity index (χ2v) is 5.60. The van der Waals surface area contributed by atoms with Crippen LogP contribution in [0.1, 0.15) is 23.0 Å². The van der Waals surface area contributed by atoms with Crippen LogP contribution in [0.4, 0.5) is 0 Å². The van der Waals surface area contributed by atoms with Gasteiger partial charge in [-0.1, -0.05) is 6.92 Å². The minimum atomic E-state index is -0.220. The van der Waals surface area contributed by atoms with Crippen molar-refractivity contribution < 1.29 is 9.59 Å². The number of halogens is 1. The first-order valence-corrected chi connectivity index (χ1v) is 6.54. The molecule has 2 amide bonds. The van der Waals surface area contributed by atoms with E-state index in [1.54, 1.807) is 12.1 Å². The van der Waals surface area contributed by atoms with Gasteiger partial charge in [0.05, 0.1) is 15.2 Å². The van der Waals surface area contributed by atoms with Gasteiger partial charge < -0.3 is 10.6 Å². The number of thiophene rings is 1. The highest BCUT2D eigenvalue weighted by Crippen LogP contribution is 2.21. The first kappa shape index (κ1) is 13.2.